The van der Waals surface area contributed by atoms with E-state index in [9.17, 15) is 34.2 Å². The number of nitrogens with zero attached hydrogens (tertiary/aromatic N) is 3. The van der Waals surface area contributed by atoms with Crippen molar-refractivity contribution in [2.75, 3.05) is 24.7 Å². The zero-order valence-electron chi connectivity index (χ0n) is 26.3. The molecule has 12 nitrogen and oxygen atoms in total. The van der Waals surface area contributed by atoms with Crippen molar-refractivity contribution < 1.29 is 29.3 Å². The van der Waals surface area contributed by atoms with E-state index in [1.165, 1.54) is 27.7 Å². The van der Waals surface area contributed by atoms with E-state index in [-0.39, 0.29) is 37.3 Å². The van der Waals surface area contributed by atoms with Crippen LogP contribution >= 0.6 is 21.6 Å². The molecular formula is C29H49N3O9S2. The van der Waals surface area contributed by atoms with Crippen LogP contribution in [-0.4, -0.2) is 72.8 Å². The van der Waals surface area contributed by atoms with Gasteiger partial charge < -0.3 is 19.7 Å². The minimum Gasteiger partial charge on any atom is -0.465 e. The fourth-order valence-electron chi connectivity index (χ4n) is 3.61. The van der Waals surface area contributed by atoms with Crippen molar-refractivity contribution in [1.29, 1.82) is 0 Å². The Kier molecular flexibility index (Phi) is 16.7. The number of hydrogen-bond donors (Lipinski definition) is 2. The molecule has 14 heteroatoms. The molecule has 0 amide bonds. The lowest BCUT2D eigenvalue weighted by atomic mass is 9.84. The molecule has 246 valence electrons. The smallest absolute Gasteiger partial charge is 0.336 e. The van der Waals surface area contributed by atoms with Crippen molar-refractivity contribution in [2.45, 2.75) is 105 Å². The van der Waals surface area contributed by atoms with E-state index < -0.39 is 53.8 Å². The minimum absolute atomic E-state index is 0.00909. The highest BCUT2D eigenvalue weighted by Crippen LogP contribution is 2.27. The predicted molar refractivity (Wildman–Crippen MR) is 170 cm³/mol. The van der Waals surface area contributed by atoms with E-state index in [0.717, 1.165) is 22.0 Å². The summed E-state index contributed by atoms with van der Waals surface area (Å²) in [6, 6.07) is 0. The van der Waals surface area contributed by atoms with Gasteiger partial charge in [0.15, 0.2) is 0 Å². The van der Waals surface area contributed by atoms with Gasteiger partial charge in [-0.25, -0.2) is 28.1 Å². The van der Waals surface area contributed by atoms with Gasteiger partial charge >= 0.3 is 29.0 Å². The second-order valence-corrected chi connectivity index (χ2v) is 14.2. The molecule has 0 aliphatic heterocycles. The fourth-order valence-corrected chi connectivity index (χ4v) is 5.55. The molecule has 1 aromatic rings. The Morgan fingerprint density at radius 3 is 1.81 bits per heavy atom. The van der Waals surface area contributed by atoms with Crippen LogP contribution in [0.4, 0.5) is 0 Å². The quantitative estimate of drug-likeness (QED) is 0.0874. The summed E-state index contributed by atoms with van der Waals surface area (Å²) >= 11 is 0. The molecule has 0 saturated heterocycles. The van der Waals surface area contributed by atoms with Gasteiger partial charge in [-0.3, -0.25) is 9.59 Å². The lowest BCUT2D eigenvalue weighted by Crippen LogP contribution is -2.57. The van der Waals surface area contributed by atoms with Crippen molar-refractivity contribution in [3.63, 3.8) is 0 Å². The molecule has 0 fully saturated rings. The van der Waals surface area contributed by atoms with Crippen molar-refractivity contribution in [3.05, 3.63) is 44.1 Å². The Labute approximate surface area is 261 Å². The van der Waals surface area contributed by atoms with Crippen molar-refractivity contribution >= 4 is 33.5 Å². The average Bonchev–Trinajstić information content (AvgIpc) is 2.98. The van der Waals surface area contributed by atoms with Crippen LogP contribution in [0.15, 0.2) is 27.0 Å². The number of carbonyl (C=O) groups excluding carboxylic acids is 2. The minimum atomic E-state index is -1.40. The zero-order valence-corrected chi connectivity index (χ0v) is 28.0. The second kappa shape index (κ2) is 18.5. The number of rotatable bonds is 21. The van der Waals surface area contributed by atoms with Crippen molar-refractivity contribution in [1.82, 2.24) is 13.7 Å². The van der Waals surface area contributed by atoms with Crippen LogP contribution in [0, 0.1) is 10.8 Å². The van der Waals surface area contributed by atoms with Crippen LogP contribution in [0.25, 0.3) is 0 Å². The zero-order chi connectivity index (χ0) is 32.8. The van der Waals surface area contributed by atoms with Gasteiger partial charge in [0.25, 0.3) is 0 Å². The summed E-state index contributed by atoms with van der Waals surface area (Å²) in [5.74, 6) is 0.142. The molecule has 1 aromatic heterocycles. The number of ether oxygens (including phenoxy) is 2. The molecule has 0 aromatic carbocycles. The van der Waals surface area contributed by atoms with E-state index in [2.05, 4.69) is 27.4 Å². The van der Waals surface area contributed by atoms with Gasteiger partial charge in [0, 0.05) is 16.9 Å². The SMILES string of the molecule is C=CCn1c(=O)n(CC(O)COC(=O)CCSSCCC(=O)OCC(C)(CC)CC)c(=O)n(CC(O)C(C)(C)CC)c1=O. The van der Waals surface area contributed by atoms with Crippen LogP contribution < -0.4 is 17.1 Å². The van der Waals surface area contributed by atoms with Crippen LogP contribution in [0.1, 0.15) is 73.6 Å². The largest absolute Gasteiger partial charge is 0.465 e. The third kappa shape index (κ3) is 12.3. The van der Waals surface area contributed by atoms with Gasteiger partial charge in [-0.15, -0.1) is 6.58 Å². The molecule has 0 aliphatic rings. The highest BCUT2D eigenvalue weighted by molar-refractivity contribution is 8.76. The number of aliphatic hydroxyl groups is 2. The number of esters is 2. The van der Waals surface area contributed by atoms with E-state index in [1.54, 1.807) is 13.8 Å². The molecule has 0 spiro atoms. The average molecular weight is 648 g/mol. The maximum atomic E-state index is 13.1. The topological polar surface area (TPSA) is 159 Å². The monoisotopic (exact) mass is 647 g/mol. The summed E-state index contributed by atoms with van der Waals surface area (Å²) < 4.78 is 12.7. The summed E-state index contributed by atoms with van der Waals surface area (Å²) in [6.45, 7) is 14.1. The molecule has 0 saturated carbocycles. The molecular weight excluding hydrogens is 598 g/mol. The fraction of sp³-hybridized carbons (Fsp3) is 0.759. The van der Waals surface area contributed by atoms with Gasteiger partial charge in [0.2, 0.25) is 0 Å². The summed E-state index contributed by atoms with van der Waals surface area (Å²) in [5.41, 5.74) is -3.42. The Balaban J connectivity index is 2.64. The van der Waals surface area contributed by atoms with Crippen LogP contribution in [0.2, 0.25) is 0 Å². The van der Waals surface area contributed by atoms with Crippen molar-refractivity contribution in [2.24, 2.45) is 10.8 Å². The van der Waals surface area contributed by atoms with Gasteiger partial charge in [-0.1, -0.05) is 69.2 Å². The normalized spacial score (nSPS) is 13.4. The molecule has 1 rings (SSSR count). The molecule has 0 bridgehead atoms. The van der Waals surface area contributed by atoms with Gasteiger partial charge in [-0.2, -0.15) is 0 Å². The highest BCUT2D eigenvalue weighted by atomic mass is 33.1. The lowest BCUT2D eigenvalue weighted by Gasteiger charge is -2.29. The molecule has 2 unspecified atom stereocenters. The van der Waals surface area contributed by atoms with E-state index in [0.29, 0.717) is 29.1 Å². The Bertz CT molecular complexity index is 1240. The standard InChI is InChI=1S/C29H49N3O9S2/c1-8-14-30-25(37)31(27(39)32(26(30)38)18-22(34)28(5,6)9-2)17-21(33)19-40-23(35)12-15-42-43-16-13-24(36)41-20-29(7,10-3)11-4/h8,21-22,33-34H,1,9-20H2,2-7H3. The number of aliphatic hydroxyl groups excluding tert-OH is 2. The number of hydrogen-bond acceptors (Lipinski definition) is 11. The molecule has 2 atom stereocenters. The summed E-state index contributed by atoms with van der Waals surface area (Å²) in [5, 5.41) is 21.1. The third-order valence-electron chi connectivity index (χ3n) is 7.85. The lowest BCUT2D eigenvalue weighted by molar-refractivity contribution is -0.147. The Morgan fingerprint density at radius 2 is 1.33 bits per heavy atom. The van der Waals surface area contributed by atoms with Gasteiger partial charge in [-0.05, 0) is 24.7 Å². The second-order valence-electron chi connectivity index (χ2n) is 11.5. The van der Waals surface area contributed by atoms with Crippen LogP contribution in [0.5, 0.6) is 0 Å². The van der Waals surface area contributed by atoms with Gasteiger partial charge in [0.1, 0.15) is 12.7 Å². The summed E-state index contributed by atoms with van der Waals surface area (Å²) in [6.07, 6.45) is 1.64. The van der Waals surface area contributed by atoms with E-state index in [4.69, 9.17) is 9.47 Å². The number of aromatic nitrogens is 3. The molecule has 2 N–H and O–H groups in total. The number of carbonyl (C=O) groups is 2. The van der Waals surface area contributed by atoms with Crippen molar-refractivity contribution in [3.8, 4) is 0 Å². The van der Waals surface area contributed by atoms with Crippen LogP contribution in [0.3, 0.4) is 0 Å². The van der Waals surface area contributed by atoms with E-state index in [1.807, 2.05) is 6.92 Å². The summed E-state index contributed by atoms with van der Waals surface area (Å²) in [4.78, 5) is 63.0. The first-order valence-corrected chi connectivity index (χ1v) is 17.1. The Hall–Kier alpha value is -2.29. The third-order valence-corrected chi connectivity index (χ3v) is 10.3. The first-order chi connectivity index (χ1) is 20.2. The molecule has 43 heavy (non-hydrogen) atoms. The molecule has 0 aliphatic carbocycles. The van der Waals surface area contributed by atoms with Crippen LogP contribution in [-0.2, 0) is 38.7 Å². The van der Waals surface area contributed by atoms with Gasteiger partial charge in [0.05, 0.1) is 45.2 Å². The molecule has 1 heterocycles. The Morgan fingerprint density at radius 1 is 0.837 bits per heavy atom. The highest BCUT2D eigenvalue weighted by Gasteiger charge is 2.28. The first-order valence-electron chi connectivity index (χ1n) is 14.6. The first kappa shape index (κ1) is 38.7. The molecule has 0 radical (unpaired) electrons. The number of allylic oxidation sites excluding steroid dienone is 1. The maximum Gasteiger partial charge on any atom is 0.336 e. The van der Waals surface area contributed by atoms with E-state index >= 15 is 0 Å². The maximum absolute atomic E-state index is 13.1. The predicted octanol–water partition coefficient (Wildman–Crippen LogP) is 2.59. The summed E-state index contributed by atoms with van der Waals surface area (Å²) in [7, 11) is 2.85.